The highest BCUT2D eigenvalue weighted by molar-refractivity contribution is 6.34. The topological polar surface area (TPSA) is 54.3 Å². The van der Waals surface area contributed by atoms with Crippen molar-refractivity contribution in [3.8, 4) is 0 Å². The molecule has 1 fully saturated rings. The van der Waals surface area contributed by atoms with Gasteiger partial charge in [0.05, 0.1) is 5.02 Å². The first-order valence-corrected chi connectivity index (χ1v) is 5.92. The van der Waals surface area contributed by atoms with E-state index in [4.69, 9.17) is 11.6 Å². The van der Waals surface area contributed by atoms with Gasteiger partial charge in [-0.15, -0.1) is 0 Å². The molecule has 86 valence electrons. The Morgan fingerprint density at radius 3 is 2.88 bits per heavy atom. The molecule has 1 aliphatic carbocycles. The Labute approximate surface area is 98.2 Å². The predicted octanol–water partition coefficient (Wildman–Crippen LogP) is 1.82. The molecule has 2 aliphatic rings. The van der Waals surface area contributed by atoms with Crippen molar-refractivity contribution in [2.75, 3.05) is 6.54 Å². The number of hydrogen-bond donors (Lipinski definition) is 2. The van der Waals surface area contributed by atoms with Gasteiger partial charge < -0.3 is 15.0 Å². The highest BCUT2D eigenvalue weighted by Gasteiger charge is 2.35. The molecule has 0 bridgehead atoms. The lowest BCUT2D eigenvalue weighted by Gasteiger charge is -2.19. The van der Waals surface area contributed by atoms with Crippen LogP contribution < -0.4 is 5.32 Å². The van der Waals surface area contributed by atoms with E-state index in [1.165, 1.54) is 0 Å². The fraction of sp³-hybridized carbons (Fsp3) is 0.545. The van der Waals surface area contributed by atoms with Crippen molar-refractivity contribution >= 4 is 17.6 Å². The SMILES string of the molecule is O=C(O)c1c(Cl)c(C2CC2)n2c1CNCC2. The highest BCUT2D eigenvalue weighted by atomic mass is 35.5. The number of fused-ring (bicyclic) bond motifs is 1. The number of carboxylic acid groups (broad SMARTS) is 1. The van der Waals surface area contributed by atoms with Gasteiger partial charge >= 0.3 is 5.97 Å². The lowest BCUT2D eigenvalue weighted by Crippen LogP contribution is -2.29. The van der Waals surface area contributed by atoms with E-state index in [9.17, 15) is 9.90 Å². The Hall–Kier alpha value is -1.00. The second-order valence-electron chi connectivity index (χ2n) is 4.43. The summed E-state index contributed by atoms with van der Waals surface area (Å²) < 4.78 is 2.11. The number of aromatic nitrogens is 1. The fourth-order valence-electron chi connectivity index (χ4n) is 2.46. The van der Waals surface area contributed by atoms with Crippen LogP contribution in [-0.2, 0) is 13.1 Å². The molecular formula is C11H13ClN2O2. The minimum Gasteiger partial charge on any atom is -0.478 e. The standard InChI is InChI=1S/C11H13ClN2O2/c12-9-8(11(15)16)7-5-13-3-4-14(7)10(9)6-1-2-6/h6,13H,1-5H2,(H,15,16). The largest absolute Gasteiger partial charge is 0.478 e. The zero-order valence-corrected chi connectivity index (χ0v) is 9.55. The van der Waals surface area contributed by atoms with E-state index in [1.807, 2.05) is 0 Å². The second-order valence-corrected chi connectivity index (χ2v) is 4.81. The van der Waals surface area contributed by atoms with Crippen LogP contribution in [0.15, 0.2) is 0 Å². The third kappa shape index (κ3) is 1.37. The summed E-state index contributed by atoms with van der Waals surface area (Å²) in [4.78, 5) is 11.2. The lowest BCUT2D eigenvalue weighted by atomic mass is 10.2. The summed E-state index contributed by atoms with van der Waals surface area (Å²) in [5.74, 6) is -0.429. The summed E-state index contributed by atoms with van der Waals surface area (Å²) in [5.41, 5.74) is 2.19. The van der Waals surface area contributed by atoms with E-state index >= 15 is 0 Å². The Kier molecular flexibility index (Phi) is 2.23. The molecule has 0 spiro atoms. The molecule has 0 saturated heterocycles. The molecule has 0 radical (unpaired) electrons. The fourth-order valence-corrected chi connectivity index (χ4v) is 2.91. The number of carbonyl (C=O) groups is 1. The number of nitrogens with zero attached hydrogens (tertiary/aromatic N) is 1. The molecule has 0 atom stereocenters. The van der Waals surface area contributed by atoms with Gasteiger partial charge in [0, 0.05) is 36.9 Å². The van der Waals surface area contributed by atoms with E-state index in [0.29, 0.717) is 23.0 Å². The van der Waals surface area contributed by atoms with Crippen LogP contribution in [0.1, 0.15) is 40.5 Å². The van der Waals surface area contributed by atoms with E-state index in [0.717, 1.165) is 37.3 Å². The summed E-state index contributed by atoms with van der Waals surface area (Å²) in [6, 6.07) is 0. The van der Waals surface area contributed by atoms with Gasteiger partial charge in [-0.05, 0) is 12.8 Å². The predicted molar refractivity (Wildman–Crippen MR) is 60.1 cm³/mol. The molecule has 3 rings (SSSR count). The number of carboxylic acids is 1. The van der Waals surface area contributed by atoms with Gasteiger partial charge in [-0.25, -0.2) is 4.79 Å². The van der Waals surface area contributed by atoms with Gasteiger partial charge in [-0.1, -0.05) is 11.6 Å². The number of nitrogens with one attached hydrogen (secondary N) is 1. The van der Waals surface area contributed by atoms with E-state index in [-0.39, 0.29) is 0 Å². The first kappa shape index (κ1) is 10.2. The van der Waals surface area contributed by atoms with Crippen molar-refractivity contribution in [3.63, 3.8) is 0 Å². The average molecular weight is 241 g/mol. The van der Waals surface area contributed by atoms with Gasteiger partial charge in [-0.3, -0.25) is 0 Å². The number of rotatable bonds is 2. The minimum absolute atomic E-state index is 0.302. The maximum absolute atomic E-state index is 11.2. The molecule has 2 N–H and O–H groups in total. The quantitative estimate of drug-likeness (QED) is 0.829. The summed E-state index contributed by atoms with van der Waals surface area (Å²) in [6.45, 7) is 2.32. The second kappa shape index (κ2) is 3.50. The Bertz CT molecular complexity index is 463. The molecule has 0 aromatic carbocycles. The van der Waals surface area contributed by atoms with Gasteiger partial charge in [-0.2, -0.15) is 0 Å². The summed E-state index contributed by atoms with van der Waals surface area (Å²) >= 11 is 6.22. The van der Waals surface area contributed by atoms with Crippen LogP contribution in [0.3, 0.4) is 0 Å². The Morgan fingerprint density at radius 2 is 2.25 bits per heavy atom. The smallest absolute Gasteiger partial charge is 0.339 e. The van der Waals surface area contributed by atoms with Crippen LogP contribution in [0.25, 0.3) is 0 Å². The van der Waals surface area contributed by atoms with Gasteiger partial charge in [0.1, 0.15) is 5.56 Å². The molecule has 5 heteroatoms. The third-order valence-corrected chi connectivity index (χ3v) is 3.71. The number of aromatic carboxylic acids is 1. The van der Waals surface area contributed by atoms with Crippen LogP contribution in [0.5, 0.6) is 0 Å². The molecule has 0 unspecified atom stereocenters. The minimum atomic E-state index is -0.913. The summed E-state index contributed by atoms with van der Waals surface area (Å²) in [5, 5.41) is 12.9. The van der Waals surface area contributed by atoms with Crippen molar-refractivity contribution in [3.05, 3.63) is 22.0 Å². The van der Waals surface area contributed by atoms with Gasteiger partial charge in [0.15, 0.2) is 0 Å². The molecular weight excluding hydrogens is 228 g/mol. The van der Waals surface area contributed by atoms with Gasteiger partial charge in [0.25, 0.3) is 0 Å². The maximum atomic E-state index is 11.2. The number of halogens is 1. The normalized spacial score (nSPS) is 19.6. The number of hydrogen-bond acceptors (Lipinski definition) is 2. The molecule has 16 heavy (non-hydrogen) atoms. The van der Waals surface area contributed by atoms with E-state index in [2.05, 4.69) is 9.88 Å². The molecule has 1 aromatic rings. The van der Waals surface area contributed by atoms with Crippen molar-refractivity contribution in [2.45, 2.75) is 31.8 Å². The zero-order valence-electron chi connectivity index (χ0n) is 8.79. The Morgan fingerprint density at radius 1 is 1.50 bits per heavy atom. The molecule has 1 aliphatic heterocycles. The van der Waals surface area contributed by atoms with Crippen LogP contribution in [0.2, 0.25) is 5.02 Å². The third-order valence-electron chi connectivity index (χ3n) is 3.33. The molecule has 1 aromatic heterocycles. The van der Waals surface area contributed by atoms with Crippen LogP contribution >= 0.6 is 11.6 Å². The lowest BCUT2D eigenvalue weighted by molar-refractivity contribution is 0.0695. The maximum Gasteiger partial charge on any atom is 0.339 e. The van der Waals surface area contributed by atoms with Crippen molar-refractivity contribution in [1.82, 2.24) is 9.88 Å². The van der Waals surface area contributed by atoms with Crippen LogP contribution in [0.4, 0.5) is 0 Å². The molecule has 4 nitrogen and oxygen atoms in total. The van der Waals surface area contributed by atoms with Crippen molar-refractivity contribution in [1.29, 1.82) is 0 Å². The van der Waals surface area contributed by atoms with Gasteiger partial charge in [0.2, 0.25) is 0 Å². The summed E-state index contributed by atoms with van der Waals surface area (Å²) in [6.07, 6.45) is 2.27. The highest BCUT2D eigenvalue weighted by Crippen LogP contribution is 2.46. The van der Waals surface area contributed by atoms with Crippen LogP contribution in [0, 0.1) is 0 Å². The monoisotopic (exact) mass is 240 g/mol. The molecule has 2 heterocycles. The molecule has 0 amide bonds. The molecule has 1 saturated carbocycles. The van der Waals surface area contributed by atoms with E-state index < -0.39 is 5.97 Å². The summed E-state index contributed by atoms with van der Waals surface area (Å²) in [7, 11) is 0. The van der Waals surface area contributed by atoms with Crippen molar-refractivity contribution in [2.24, 2.45) is 0 Å². The first-order valence-electron chi connectivity index (χ1n) is 5.55. The van der Waals surface area contributed by atoms with Crippen molar-refractivity contribution < 1.29 is 9.90 Å². The zero-order chi connectivity index (χ0) is 11.3. The Balaban J connectivity index is 2.21. The first-order chi connectivity index (χ1) is 7.70. The average Bonchev–Trinajstić information content (AvgIpc) is 3.01. The van der Waals surface area contributed by atoms with Crippen LogP contribution in [-0.4, -0.2) is 22.2 Å². The van der Waals surface area contributed by atoms with E-state index in [1.54, 1.807) is 0 Å².